The molecule has 3 fully saturated rings. The van der Waals surface area contributed by atoms with Gasteiger partial charge >= 0.3 is 0 Å². The first-order valence-corrected chi connectivity index (χ1v) is 8.91. The molecule has 4 N–H and O–H groups in total. The van der Waals surface area contributed by atoms with Gasteiger partial charge in [-0.1, -0.05) is 26.2 Å². The molecule has 0 radical (unpaired) electrons. The first-order chi connectivity index (χ1) is 10.2. The summed E-state index contributed by atoms with van der Waals surface area (Å²) in [5, 5.41) is 0. The second-order valence-corrected chi connectivity index (χ2v) is 7.56. The average molecular weight is 289 g/mol. The van der Waals surface area contributed by atoms with E-state index in [-0.39, 0.29) is 0 Å². The Morgan fingerprint density at radius 3 is 2.48 bits per heavy atom. The van der Waals surface area contributed by atoms with Crippen molar-refractivity contribution in [3.8, 4) is 0 Å². The van der Waals surface area contributed by atoms with Gasteiger partial charge in [-0.2, -0.15) is 0 Å². The highest BCUT2D eigenvalue weighted by atomic mass is 14.8. The van der Waals surface area contributed by atoms with Crippen molar-refractivity contribution in [1.82, 2.24) is 0 Å². The molecule has 0 amide bonds. The Kier molecular flexibility index (Phi) is 4.68. The standard InChI is InChI=1S/C18H31N3/c1-12-4-2-3-5-16(12)17(18(20)14-6-7-14)11-21-15-8-13(9-15)10-19/h11-16H,2-10,19-20H2,1H3. The normalized spacial score (nSPS) is 38.2. The van der Waals surface area contributed by atoms with Crippen molar-refractivity contribution >= 4 is 6.21 Å². The smallest absolute Gasteiger partial charge is 0.0506 e. The number of nitrogens with two attached hydrogens (primary N) is 2. The molecule has 0 aromatic carbocycles. The van der Waals surface area contributed by atoms with Crippen LogP contribution in [0.4, 0.5) is 0 Å². The van der Waals surface area contributed by atoms with Crippen molar-refractivity contribution in [2.75, 3.05) is 6.54 Å². The lowest BCUT2D eigenvalue weighted by Crippen LogP contribution is -2.33. The van der Waals surface area contributed by atoms with Gasteiger partial charge in [0.05, 0.1) is 6.04 Å². The average Bonchev–Trinajstić information content (AvgIpc) is 3.26. The molecule has 118 valence electrons. The summed E-state index contributed by atoms with van der Waals surface area (Å²) in [5.74, 6) is 2.76. The summed E-state index contributed by atoms with van der Waals surface area (Å²) in [6.45, 7) is 3.21. The zero-order chi connectivity index (χ0) is 14.8. The molecule has 0 spiro atoms. The topological polar surface area (TPSA) is 64.4 Å². The summed E-state index contributed by atoms with van der Waals surface area (Å²) < 4.78 is 0. The lowest BCUT2D eigenvalue weighted by atomic mass is 9.75. The van der Waals surface area contributed by atoms with Crippen LogP contribution in [0.25, 0.3) is 0 Å². The Hall–Kier alpha value is -0.830. The molecule has 0 saturated heterocycles. The van der Waals surface area contributed by atoms with Gasteiger partial charge in [0.2, 0.25) is 0 Å². The second kappa shape index (κ2) is 6.51. The molecule has 3 aliphatic carbocycles. The summed E-state index contributed by atoms with van der Waals surface area (Å²) in [5.41, 5.74) is 14.7. The Bertz CT molecular complexity index is 416. The van der Waals surface area contributed by atoms with Crippen LogP contribution in [0.3, 0.4) is 0 Å². The van der Waals surface area contributed by atoms with E-state index in [1.807, 2.05) is 0 Å². The predicted octanol–water partition coefficient (Wildman–Crippen LogP) is 3.24. The molecule has 0 aliphatic heterocycles. The van der Waals surface area contributed by atoms with Crippen LogP contribution in [0.5, 0.6) is 0 Å². The molecule has 3 heteroatoms. The van der Waals surface area contributed by atoms with E-state index in [1.165, 1.54) is 56.9 Å². The van der Waals surface area contributed by atoms with E-state index in [0.717, 1.165) is 18.2 Å². The molecule has 2 unspecified atom stereocenters. The van der Waals surface area contributed by atoms with Crippen molar-refractivity contribution in [3.05, 3.63) is 11.3 Å². The largest absolute Gasteiger partial charge is 0.402 e. The molecule has 3 nitrogen and oxygen atoms in total. The van der Waals surface area contributed by atoms with Crippen LogP contribution >= 0.6 is 0 Å². The third-order valence-electron chi connectivity index (χ3n) is 5.83. The van der Waals surface area contributed by atoms with E-state index >= 15 is 0 Å². The van der Waals surface area contributed by atoms with Crippen LogP contribution in [0.1, 0.15) is 58.3 Å². The van der Waals surface area contributed by atoms with E-state index in [0.29, 0.717) is 23.8 Å². The van der Waals surface area contributed by atoms with Crippen LogP contribution in [-0.4, -0.2) is 18.8 Å². The Morgan fingerprint density at radius 2 is 1.86 bits per heavy atom. The van der Waals surface area contributed by atoms with Gasteiger partial charge in [0.15, 0.2) is 0 Å². The van der Waals surface area contributed by atoms with Crippen molar-refractivity contribution < 1.29 is 0 Å². The van der Waals surface area contributed by atoms with Gasteiger partial charge in [0.25, 0.3) is 0 Å². The van der Waals surface area contributed by atoms with E-state index in [4.69, 9.17) is 16.5 Å². The maximum Gasteiger partial charge on any atom is 0.0506 e. The Labute approximate surface area is 129 Å². The number of nitrogens with zero attached hydrogens (tertiary/aromatic N) is 1. The zero-order valence-electron chi connectivity index (χ0n) is 13.4. The SMILES string of the molecule is CC1CCCCC1C(C=NC1CC(CN)C1)=C(N)C1CC1. The minimum Gasteiger partial charge on any atom is -0.402 e. The number of hydrogen-bond acceptors (Lipinski definition) is 3. The molecule has 0 aromatic heterocycles. The molecule has 3 rings (SSSR count). The summed E-state index contributed by atoms with van der Waals surface area (Å²) in [6.07, 6.45) is 12.4. The van der Waals surface area contributed by atoms with Crippen molar-refractivity contribution in [2.45, 2.75) is 64.3 Å². The molecular weight excluding hydrogens is 258 g/mol. The van der Waals surface area contributed by atoms with Gasteiger partial charge in [0, 0.05) is 11.9 Å². The molecule has 3 saturated carbocycles. The highest BCUT2D eigenvalue weighted by Crippen LogP contribution is 2.41. The molecular formula is C18H31N3. The van der Waals surface area contributed by atoms with E-state index in [9.17, 15) is 0 Å². The number of rotatable bonds is 5. The van der Waals surface area contributed by atoms with E-state index in [2.05, 4.69) is 13.1 Å². The van der Waals surface area contributed by atoms with Crippen LogP contribution in [0, 0.1) is 23.7 Å². The fourth-order valence-electron chi connectivity index (χ4n) is 3.99. The molecule has 2 atom stereocenters. The Morgan fingerprint density at radius 1 is 1.14 bits per heavy atom. The van der Waals surface area contributed by atoms with E-state index in [1.54, 1.807) is 0 Å². The van der Waals surface area contributed by atoms with Gasteiger partial charge < -0.3 is 11.5 Å². The molecule has 21 heavy (non-hydrogen) atoms. The van der Waals surface area contributed by atoms with Crippen molar-refractivity contribution in [3.63, 3.8) is 0 Å². The maximum absolute atomic E-state index is 6.48. The van der Waals surface area contributed by atoms with Gasteiger partial charge in [-0.3, -0.25) is 4.99 Å². The monoisotopic (exact) mass is 289 g/mol. The first-order valence-electron chi connectivity index (χ1n) is 8.91. The van der Waals surface area contributed by atoms with Crippen LogP contribution in [-0.2, 0) is 0 Å². The number of aliphatic imine (C=N–C) groups is 1. The van der Waals surface area contributed by atoms with Crippen molar-refractivity contribution in [1.29, 1.82) is 0 Å². The summed E-state index contributed by atoms with van der Waals surface area (Å²) in [6, 6.07) is 0.499. The zero-order valence-corrected chi connectivity index (χ0v) is 13.4. The predicted molar refractivity (Wildman–Crippen MR) is 89.1 cm³/mol. The van der Waals surface area contributed by atoms with Gasteiger partial charge in [-0.25, -0.2) is 0 Å². The lowest BCUT2D eigenvalue weighted by Gasteiger charge is -2.33. The fraction of sp³-hybridized carbons (Fsp3) is 0.833. The highest BCUT2D eigenvalue weighted by molar-refractivity contribution is 5.81. The minimum atomic E-state index is 0.499. The van der Waals surface area contributed by atoms with Crippen LogP contribution in [0.2, 0.25) is 0 Å². The maximum atomic E-state index is 6.48. The third-order valence-corrected chi connectivity index (χ3v) is 5.83. The first kappa shape index (κ1) is 15.1. The quantitative estimate of drug-likeness (QED) is 0.763. The summed E-state index contributed by atoms with van der Waals surface area (Å²) in [4.78, 5) is 4.85. The fourth-order valence-corrected chi connectivity index (χ4v) is 3.99. The molecule has 3 aliphatic rings. The van der Waals surface area contributed by atoms with Gasteiger partial charge in [-0.05, 0) is 67.9 Å². The number of allylic oxidation sites excluding steroid dienone is 2. The molecule has 0 bridgehead atoms. The summed E-state index contributed by atoms with van der Waals surface area (Å²) >= 11 is 0. The molecule has 0 aromatic rings. The third kappa shape index (κ3) is 3.50. The van der Waals surface area contributed by atoms with Gasteiger partial charge in [0.1, 0.15) is 0 Å². The summed E-state index contributed by atoms with van der Waals surface area (Å²) in [7, 11) is 0. The van der Waals surface area contributed by atoms with Crippen molar-refractivity contribution in [2.24, 2.45) is 40.1 Å². The highest BCUT2D eigenvalue weighted by Gasteiger charge is 2.32. The minimum absolute atomic E-state index is 0.499. The number of hydrogen-bond donors (Lipinski definition) is 2. The second-order valence-electron chi connectivity index (χ2n) is 7.56. The lowest BCUT2D eigenvalue weighted by molar-refractivity contribution is 0.275. The van der Waals surface area contributed by atoms with Crippen LogP contribution in [0.15, 0.2) is 16.3 Å². The van der Waals surface area contributed by atoms with Gasteiger partial charge in [-0.15, -0.1) is 0 Å². The molecule has 0 heterocycles. The Balaban J connectivity index is 1.71. The van der Waals surface area contributed by atoms with Crippen LogP contribution < -0.4 is 11.5 Å². The van der Waals surface area contributed by atoms with E-state index < -0.39 is 0 Å².